The van der Waals surface area contributed by atoms with Gasteiger partial charge in [-0.05, 0) is 18.2 Å². The number of nitrogens with one attached hydrogen (secondary N) is 1. The van der Waals surface area contributed by atoms with Gasteiger partial charge in [-0.3, -0.25) is 4.79 Å². The van der Waals surface area contributed by atoms with Gasteiger partial charge in [0.05, 0.1) is 10.6 Å². The molecule has 0 aliphatic rings. The Morgan fingerprint density at radius 1 is 1.44 bits per heavy atom. The number of carbonyl (C=O) groups is 1. The maximum atomic E-state index is 10.9. The number of primary amides is 1. The lowest BCUT2D eigenvalue weighted by molar-refractivity contribution is 0.100. The molecule has 4 nitrogen and oxygen atoms in total. The molecular weight excluding hydrogens is 226 g/mol. The van der Waals surface area contributed by atoms with E-state index in [2.05, 4.69) is 5.32 Å². The quantitative estimate of drug-likeness (QED) is 0.679. The molecule has 1 aromatic carbocycles. The molecule has 0 bridgehead atoms. The highest BCUT2D eigenvalue weighted by atomic mass is 35.5. The van der Waals surface area contributed by atoms with E-state index in [0.29, 0.717) is 23.7 Å². The maximum Gasteiger partial charge on any atom is 0.250 e. The van der Waals surface area contributed by atoms with Gasteiger partial charge in [-0.15, -0.1) is 0 Å². The number of hydrogen-bond donors (Lipinski definition) is 3. The highest BCUT2D eigenvalue weighted by Gasteiger charge is 2.06. The van der Waals surface area contributed by atoms with E-state index < -0.39 is 5.91 Å². The van der Waals surface area contributed by atoms with E-state index in [1.807, 2.05) is 12.2 Å². The second kappa shape index (κ2) is 6.15. The smallest absolute Gasteiger partial charge is 0.250 e. The number of benzene rings is 1. The average Bonchev–Trinajstić information content (AvgIpc) is 2.24. The Hall–Kier alpha value is -1.52. The van der Waals surface area contributed by atoms with E-state index in [-0.39, 0.29) is 0 Å². The number of hydrogen-bond acceptors (Lipinski definition) is 3. The molecular formula is C11H14ClN3O. The second-order valence-electron chi connectivity index (χ2n) is 3.15. The van der Waals surface area contributed by atoms with Crippen molar-refractivity contribution in [2.24, 2.45) is 11.5 Å². The summed E-state index contributed by atoms with van der Waals surface area (Å²) in [6.07, 6.45) is 3.77. The number of anilines is 1. The van der Waals surface area contributed by atoms with Crippen LogP contribution in [0.3, 0.4) is 0 Å². The molecule has 1 rings (SSSR count). The number of amides is 1. The lowest BCUT2D eigenvalue weighted by Crippen LogP contribution is -2.11. The lowest BCUT2D eigenvalue weighted by Gasteiger charge is -2.05. The standard InChI is InChI=1S/C11H14ClN3O/c12-10-7-8(15-6-2-1-5-13)3-4-9(10)11(14)16/h1-4,7,15H,5-6,13H2,(H2,14,16)/b2-1+. The van der Waals surface area contributed by atoms with E-state index in [1.165, 1.54) is 0 Å². The average molecular weight is 240 g/mol. The zero-order valence-electron chi connectivity index (χ0n) is 8.74. The SMILES string of the molecule is NC/C=C/CNc1ccc(C(N)=O)c(Cl)c1. The fourth-order valence-electron chi connectivity index (χ4n) is 1.18. The molecule has 1 aromatic rings. The van der Waals surface area contributed by atoms with Crippen LogP contribution in [0.5, 0.6) is 0 Å². The van der Waals surface area contributed by atoms with Gasteiger partial charge in [-0.25, -0.2) is 0 Å². The third-order valence-corrected chi connectivity index (χ3v) is 2.27. The van der Waals surface area contributed by atoms with Gasteiger partial charge >= 0.3 is 0 Å². The first-order valence-corrected chi connectivity index (χ1v) is 5.21. The summed E-state index contributed by atoms with van der Waals surface area (Å²) in [7, 11) is 0. The van der Waals surface area contributed by atoms with E-state index >= 15 is 0 Å². The first-order valence-electron chi connectivity index (χ1n) is 4.83. The molecule has 5 heteroatoms. The van der Waals surface area contributed by atoms with Crippen molar-refractivity contribution in [3.8, 4) is 0 Å². The summed E-state index contributed by atoms with van der Waals surface area (Å²) >= 11 is 5.89. The molecule has 0 unspecified atom stereocenters. The van der Waals surface area contributed by atoms with Gasteiger partial charge in [-0.2, -0.15) is 0 Å². The highest BCUT2D eigenvalue weighted by Crippen LogP contribution is 2.20. The van der Waals surface area contributed by atoms with E-state index in [4.69, 9.17) is 23.1 Å². The molecule has 0 aromatic heterocycles. The van der Waals surface area contributed by atoms with Crippen molar-refractivity contribution in [2.75, 3.05) is 18.4 Å². The van der Waals surface area contributed by atoms with Crippen LogP contribution in [0.1, 0.15) is 10.4 Å². The second-order valence-corrected chi connectivity index (χ2v) is 3.55. The van der Waals surface area contributed by atoms with Gasteiger partial charge in [-0.1, -0.05) is 23.8 Å². The molecule has 0 fully saturated rings. The minimum Gasteiger partial charge on any atom is -0.382 e. The molecule has 0 aliphatic heterocycles. The van der Waals surface area contributed by atoms with Gasteiger partial charge in [0.1, 0.15) is 0 Å². The molecule has 86 valence electrons. The Bertz CT molecular complexity index is 404. The molecule has 0 spiro atoms. The molecule has 0 saturated carbocycles. The minimum absolute atomic E-state index is 0.324. The van der Waals surface area contributed by atoms with Gasteiger partial charge in [0.2, 0.25) is 5.91 Å². The fraction of sp³-hybridized carbons (Fsp3) is 0.182. The van der Waals surface area contributed by atoms with Crippen molar-refractivity contribution < 1.29 is 4.79 Å². The monoisotopic (exact) mass is 239 g/mol. The van der Waals surface area contributed by atoms with Crippen LogP contribution < -0.4 is 16.8 Å². The number of halogens is 1. The minimum atomic E-state index is -0.528. The van der Waals surface area contributed by atoms with Crippen molar-refractivity contribution >= 4 is 23.2 Å². The van der Waals surface area contributed by atoms with Crippen molar-refractivity contribution in [3.63, 3.8) is 0 Å². The van der Waals surface area contributed by atoms with Gasteiger partial charge in [0.15, 0.2) is 0 Å². The summed E-state index contributed by atoms with van der Waals surface area (Å²) in [6, 6.07) is 5.01. The van der Waals surface area contributed by atoms with Crippen LogP contribution in [-0.2, 0) is 0 Å². The van der Waals surface area contributed by atoms with Gasteiger partial charge in [0.25, 0.3) is 0 Å². The van der Waals surface area contributed by atoms with Crippen molar-refractivity contribution in [2.45, 2.75) is 0 Å². The largest absolute Gasteiger partial charge is 0.382 e. The van der Waals surface area contributed by atoms with Crippen LogP contribution in [0.25, 0.3) is 0 Å². The lowest BCUT2D eigenvalue weighted by atomic mass is 10.2. The molecule has 5 N–H and O–H groups in total. The van der Waals surface area contributed by atoms with Crippen LogP contribution in [-0.4, -0.2) is 19.0 Å². The predicted molar refractivity (Wildman–Crippen MR) is 66.7 cm³/mol. The fourth-order valence-corrected chi connectivity index (χ4v) is 1.45. The topological polar surface area (TPSA) is 81.1 Å². The van der Waals surface area contributed by atoms with E-state index in [1.54, 1.807) is 18.2 Å². The Morgan fingerprint density at radius 3 is 2.75 bits per heavy atom. The van der Waals surface area contributed by atoms with Crippen molar-refractivity contribution in [3.05, 3.63) is 40.9 Å². The van der Waals surface area contributed by atoms with E-state index in [0.717, 1.165) is 5.69 Å². The number of carbonyl (C=O) groups excluding carboxylic acids is 1. The summed E-state index contributed by atoms with van der Waals surface area (Å²) in [5, 5.41) is 3.46. The van der Waals surface area contributed by atoms with Crippen LogP contribution in [0.15, 0.2) is 30.4 Å². The molecule has 0 heterocycles. The summed E-state index contributed by atoms with van der Waals surface area (Å²) in [5.41, 5.74) is 11.6. The van der Waals surface area contributed by atoms with Gasteiger partial charge < -0.3 is 16.8 Å². The van der Waals surface area contributed by atoms with Gasteiger partial charge in [0, 0.05) is 18.8 Å². The van der Waals surface area contributed by atoms with E-state index in [9.17, 15) is 4.79 Å². The summed E-state index contributed by atoms with van der Waals surface area (Å²) in [4.78, 5) is 10.9. The third kappa shape index (κ3) is 3.56. The van der Waals surface area contributed by atoms with Crippen LogP contribution in [0.4, 0.5) is 5.69 Å². The molecule has 16 heavy (non-hydrogen) atoms. The molecule has 0 aliphatic carbocycles. The first kappa shape index (κ1) is 12.5. The Labute approximate surface area is 99.3 Å². The summed E-state index contributed by atoms with van der Waals surface area (Å²) in [6.45, 7) is 1.17. The normalized spacial score (nSPS) is 10.6. The Balaban J connectivity index is 2.66. The summed E-state index contributed by atoms with van der Waals surface area (Å²) < 4.78 is 0. The molecule has 0 atom stereocenters. The summed E-state index contributed by atoms with van der Waals surface area (Å²) in [5.74, 6) is -0.528. The van der Waals surface area contributed by atoms with Crippen molar-refractivity contribution in [1.82, 2.24) is 0 Å². The number of nitrogens with two attached hydrogens (primary N) is 2. The van der Waals surface area contributed by atoms with Crippen LogP contribution in [0, 0.1) is 0 Å². The zero-order valence-corrected chi connectivity index (χ0v) is 9.50. The maximum absolute atomic E-state index is 10.9. The highest BCUT2D eigenvalue weighted by molar-refractivity contribution is 6.34. The van der Waals surface area contributed by atoms with Crippen molar-refractivity contribution in [1.29, 1.82) is 0 Å². The zero-order chi connectivity index (χ0) is 12.0. The number of rotatable bonds is 5. The van der Waals surface area contributed by atoms with Crippen LogP contribution in [0.2, 0.25) is 5.02 Å². The Kier molecular flexibility index (Phi) is 4.82. The molecule has 0 radical (unpaired) electrons. The molecule has 0 saturated heterocycles. The molecule has 1 amide bonds. The predicted octanol–water partition coefficient (Wildman–Crippen LogP) is 1.37. The third-order valence-electron chi connectivity index (χ3n) is 1.96. The first-order chi connectivity index (χ1) is 7.65. The Morgan fingerprint density at radius 2 is 2.19 bits per heavy atom. The van der Waals surface area contributed by atoms with Crippen LogP contribution >= 0.6 is 11.6 Å².